The summed E-state index contributed by atoms with van der Waals surface area (Å²) < 4.78 is 18.6. The summed E-state index contributed by atoms with van der Waals surface area (Å²) in [4.78, 5) is 28.0. The van der Waals surface area contributed by atoms with E-state index in [0.29, 0.717) is 5.69 Å². The van der Waals surface area contributed by atoms with Crippen LogP contribution in [-0.4, -0.2) is 43.5 Å². The second kappa shape index (κ2) is 9.52. The van der Waals surface area contributed by atoms with Crippen LogP contribution in [0, 0.1) is 5.82 Å². The molecule has 1 unspecified atom stereocenters. The number of halogens is 1. The lowest BCUT2D eigenvalue weighted by molar-refractivity contribution is -0.120. The molecule has 1 heterocycles. The van der Waals surface area contributed by atoms with E-state index in [9.17, 15) is 14.0 Å². The number of nitrogens with two attached hydrogens (primary N) is 1. The van der Waals surface area contributed by atoms with Gasteiger partial charge in [0.1, 0.15) is 11.6 Å². The maximum Gasteiger partial charge on any atom is 0.241 e. The van der Waals surface area contributed by atoms with Crippen molar-refractivity contribution >= 4 is 17.5 Å². The summed E-state index contributed by atoms with van der Waals surface area (Å²) in [5, 5.41) is 0. The van der Waals surface area contributed by atoms with Crippen molar-refractivity contribution in [1.29, 1.82) is 0 Å². The Morgan fingerprint density at radius 1 is 1.24 bits per heavy atom. The Morgan fingerprint density at radius 3 is 2.69 bits per heavy atom. The minimum absolute atomic E-state index is 0.0441. The first-order chi connectivity index (χ1) is 14.0. The molecule has 6 nitrogen and oxygen atoms in total. The molecular formula is C22H26FN3O3. The highest BCUT2D eigenvalue weighted by Crippen LogP contribution is 2.33. The number of rotatable bonds is 8. The normalized spacial score (nSPS) is 16.6. The Balaban J connectivity index is 1.76. The number of ether oxygens (including phenoxy) is 1. The first kappa shape index (κ1) is 20.8. The number of nitrogens with zero attached hydrogens (tertiary/aromatic N) is 2. The molecule has 2 aromatic rings. The van der Waals surface area contributed by atoms with Gasteiger partial charge < -0.3 is 15.4 Å². The lowest BCUT2D eigenvalue weighted by Crippen LogP contribution is -2.41. The van der Waals surface area contributed by atoms with Crippen LogP contribution in [0.1, 0.15) is 30.9 Å². The summed E-state index contributed by atoms with van der Waals surface area (Å²) in [5.74, 6) is -0.225. The van der Waals surface area contributed by atoms with E-state index in [0.717, 1.165) is 30.7 Å². The van der Waals surface area contributed by atoms with Crippen LogP contribution >= 0.6 is 0 Å². The van der Waals surface area contributed by atoms with Crippen LogP contribution in [0.15, 0.2) is 48.5 Å². The largest absolute Gasteiger partial charge is 0.497 e. The SMILES string of the molecule is COc1cccc(C2CCCN2CC(=O)N(CCC(N)=O)c2ccc(F)cc2)c1. The first-order valence-electron chi connectivity index (χ1n) is 9.70. The molecule has 1 saturated heterocycles. The zero-order chi connectivity index (χ0) is 20.8. The lowest BCUT2D eigenvalue weighted by Gasteiger charge is -2.29. The second-order valence-corrected chi connectivity index (χ2v) is 7.14. The second-order valence-electron chi connectivity index (χ2n) is 7.14. The van der Waals surface area contributed by atoms with E-state index in [1.54, 1.807) is 7.11 Å². The molecule has 1 fully saturated rings. The molecule has 0 radical (unpaired) electrons. The molecule has 0 aromatic heterocycles. The van der Waals surface area contributed by atoms with Crippen molar-refractivity contribution in [2.45, 2.75) is 25.3 Å². The Kier molecular flexibility index (Phi) is 6.82. The highest BCUT2D eigenvalue weighted by atomic mass is 19.1. The molecule has 29 heavy (non-hydrogen) atoms. The number of likely N-dealkylation sites (tertiary alicyclic amines) is 1. The molecule has 1 aliphatic rings. The van der Waals surface area contributed by atoms with Crippen LogP contribution in [0.2, 0.25) is 0 Å². The van der Waals surface area contributed by atoms with Crippen LogP contribution in [0.4, 0.5) is 10.1 Å². The molecule has 1 atom stereocenters. The van der Waals surface area contributed by atoms with E-state index < -0.39 is 5.91 Å². The van der Waals surface area contributed by atoms with Crippen molar-refractivity contribution in [1.82, 2.24) is 4.90 Å². The maximum absolute atomic E-state index is 13.3. The fraction of sp³-hybridized carbons (Fsp3) is 0.364. The van der Waals surface area contributed by atoms with Crippen molar-refractivity contribution in [2.24, 2.45) is 5.73 Å². The first-order valence-corrected chi connectivity index (χ1v) is 9.70. The monoisotopic (exact) mass is 399 g/mol. The number of anilines is 1. The predicted molar refractivity (Wildman–Crippen MR) is 109 cm³/mol. The fourth-order valence-electron chi connectivity index (χ4n) is 3.74. The Labute approximate surface area is 170 Å². The van der Waals surface area contributed by atoms with Crippen molar-refractivity contribution in [2.75, 3.05) is 31.6 Å². The highest BCUT2D eigenvalue weighted by Gasteiger charge is 2.29. The van der Waals surface area contributed by atoms with Gasteiger partial charge in [-0.2, -0.15) is 0 Å². The molecule has 0 spiro atoms. The minimum atomic E-state index is -0.486. The van der Waals surface area contributed by atoms with Gasteiger partial charge >= 0.3 is 0 Å². The number of hydrogen-bond donors (Lipinski definition) is 1. The summed E-state index contributed by atoms with van der Waals surface area (Å²) in [7, 11) is 1.63. The molecule has 0 aliphatic carbocycles. The quantitative estimate of drug-likeness (QED) is 0.741. The fourth-order valence-corrected chi connectivity index (χ4v) is 3.74. The molecule has 0 bridgehead atoms. The van der Waals surface area contributed by atoms with Gasteiger partial charge in [-0.3, -0.25) is 14.5 Å². The topological polar surface area (TPSA) is 75.9 Å². The molecule has 2 amide bonds. The molecule has 3 rings (SSSR count). The van der Waals surface area contributed by atoms with E-state index in [1.807, 2.05) is 24.3 Å². The van der Waals surface area contributed by atoms with Crippen LogP contribution in [0.25, 0.3) is 0 Å². The molecule has 154 valence electrons. The number of benzene rings is 2. The van der Waals surface area contributed by atoms with E-state index in [1.165, 1.54) is 29.2 Å². The zero-order valence-corrected chi connectivity index (χ0v) is 16.5. The van der Waals surface area contributed by atoms with E-state index >= 15 is 0 Å². The van der Waals surface area contributed by atoms with Crippen molar-refractivity contribution in [3.63, 3.8) is 0 Å². The average Bonchev–Trinajstić information content (AvgIpc) is 3.17. The van der Waals surface area contributed by atoms with Gasteiger partial charge in [0.15, 0.2) is 0 Å². The van der Waals surface area contributed by atoms with Crippen LogP contribution in [0.3, 0.4) is 0 Å². The molecule has 2 aromatic carbocycles. The molecular weight excluding hydrogens is 373 g/mol. The summed E-state index contributed by atoms with van der Waals surface area (Å²) in [6.07, 6.45) is 1.99. The number of hydrogen-bond acceptors (Lipinski definition) is 4. The number of methoxy groups -OCH3 is 1. The number of primary amides is 1. The standard InChI is InChI=1S/C22H26FN3O3/c1-29-19-5-2-4-16(14-19)20-6-3-12-25(20)15-22(28)26(13-11-21(24)27)18-9-7-17(23)8-10-18/h2,4-5,7-10,14,20H,3,6,11-13,15H2,1H3,(H2,24,27). The smallest absolute Gasteiger partial charge is 0.241 e. The third-order valence-electron chi connectivity index (χ3n) is 5.20. The summed E-state index contributed by atoms with van der Waals surface area (Å²) in [5.41, 5.74) is 6.93. The van der Waals surface area contributed by atoms with Crippen LogP contribution < -0.4 is 15.4 Å². The molecule has 7 heteroatoms. The Hall–Kier alpha value is -2.93. The van der Waals surface area contributed by atoms with Crippen molar-refractivity contribution in [3.8, 4) is 5.75 Å². The van der Waals surface area contributed by atoms with E-state index in [2.05, 4.69) is 4.90 Å². The third kappa shape index (κ3) is 5.32. The number of carbonyl (C=O) groups is 2. The van der Waals surface area contributed by atoms with Gasteiger partial charge in [0.05, 0.1) is 13.7 Å². The lowest BCUT2D eigenvalue weighted by atomic mass is 10.0. The number of amides is 2. The van der Waals surface area contributed by atoms with Gasteiger partial charge in [0.2, 0.25) is 11.8 Å². The van der Waals surface area contributed by atoms with Gasteiger partial charge in [-0.25, -0.2) is 4.39 Å². The minimum Gasteiger partial charge on any atom is -0.497 e. The maximum atomic E-state index is 13.3. The summed E-state index contributed by atoms with van der Waals surface area (Å²) >= 11 is 0. The number of carbonyl (C=O) groups excluding carboxylic acids is 2. The van der Waals surface area contributed by atoms with Crippen molar-refractivity contribution < 1.29 is 18.7 Å². The van der Waals surface area contributed by atoms with Crippen molar-refractivity contribution in [3.05, 3.63) is 59.9 Å². The highest BCUT2D eigenvalue weighted by molar-refractivity contribution is 5.95. The Morgan fingerprint density at radius 2 is 2.00 bits per heavy atom. The third-order valence-corrected chi connectivity index (χ3v) is 5.20. The van der Waals surface area contributed by atoms with Gasteiger partial charge in [0, 0.05) is 24.7 Å². The van der Waals surface area contributed by atoms with Gasteiger partial charge in [-0.1, -0.05) is 12.1 Å². The van der Waals surface area contributed by atoms with E-state index in [-0.39, 0.29) is 37.3 Å². The summed E-state index contributed by atoms with van der Waals surface area (Å²) in [6, 6.07) is 13.7. The van der Waals surface area contributed by atoms with Gasteiger partial charge in [-0.05, 0) is 61.3 Å². The van der Waals surface area contributed by atoms with Gasteiger partial charge in [0.25, 0.3) is 0 Å². The summed E-state index contributed by atoms with van der Waals surface area (Å²) in [6.45, 7) is 1.18. The van der Waals surface area contributed by atoms with Crippen LogP contribution in [-0.2, 0) is 9.59 Å². The Bertz CT molecular complexity index is 857. The van der Waals surface area contributed by atoms with Gasteiger partial charge in [-0.15, -0.1) is 0 Å². The predicted octanol–water partition coefficient (Wildman–Crippen LogP) is 2.88. The van der Waals surface area contributed by atoms with Crippen LogP contribution in [0.5, 0.6) is 5.75 Å². The zero-order valence-electron chi connectivity index (χ0n) is 16.5. The molecule has 1 aliphatic heterocycles. The van der Waals surface area contributed by atoms with E-state index in [4.69, 9.17) is 10.5 Å². The average molecular weight is 399 g/mol. The molecule has 2 N–H and O–H groups in total. The molecule has 0 saturated carbocycles.